The molecular formula is C31H20BrNO4. The Balaban J connectivity index is 1.55. The smallest absolute Gasteiger partial charge is 0.186 e. The Kier molecular flexibility index (Phi) is 4.79. The van der Waals surface area contributed by atoms with E-state index in [2.05, 4.69) is 15.9 Å². The van der Waals surface area contributed by atoms with Crippen molar-refractivity contribution in [3.8, 4) is 0 Å². The zero-order chi connectivity index (χ0) is 25.3. The summed E-state index contributed by atoms with van der Waals surface area (Å²) in [6, 6.07) is 23.8. The highest BCUT2D eigenvalue weighted by Crippen LogP contribution is 2.61. The van der Waals surface area contributed by atoms with Crippen LogP contribution >= 0.6 is 15.9 Å². The predicted molar refractivity (Wildman–Crippen MR) is 143 cm³/mol. The molecule has 3 heterocycles. The van der Waals surface area contributed by atoms with Crippen LogP contribution in [0.5, 0.6) is 0 Å². The van der Waals surface area contributed by atoms with E-state index in [4.69, 9.17) is 4.42 Å². The molecule has 1 saturated heterocycles. The van der Waals surface area contributed by atoms with Crippen LogP contribution in [0, 0.1) is 5.41 Å². The number of carbonyl (C=O) groups excluding carboxylic acids is 3. The number of anilines is 1. The normalized spacial score (nSPS) is 22.7. The maximum absolute atomic E-state index is 14.4. The van der Waals surface area contributed by atoms with Gasteiger partial charge in [0.25, 0.3) is 0 Å². The molecule has 1 spiro atoms. The molecule has 6 heteroatoms. The van der Waals surface area contributed by atoms with Gasteiger partial charge in [0.05, 0.1) is 18.2 Å². The number of halogens is 1. The van der Waals surface area contributed by atoms with Crippen molar-refractivity contribution in [2.45, 2.75) is 18.0 Å². The number of furan rings is 1. The highest BCUT2D eigenvalue weighted by atomic mass is 79.9. The number of carbonyl (C=O) groups is 3. The predicted octanol–water partition coefficient (Wildman–Crippen LogP) is 6.36. The summed E-state index contributed by atoms with van der Waals surface area (Å²) in [7, 11) is 0. The first-order chi connectivity index (χ1) is 18.0. The topological polar surface area (TPSA) is 67.6 Å². The molecule has 1 fully saturated rings. The summed E-state index contributed by atoms with van der Waals surface area (Å²) in [5, 5.41) is 0. The van der Waals surface area contributed by atoms with Gasteiger partial charge in [-0.15, -0.1) is 0 Å². The van der Waals surface area contributed by atoms with Crippen molar-refractivity contribution in [1.82, 2.24) is 0 Å². The van der Waals surface area contributed by atoms with Gasteiger partial charge < -0.3 is 9.32 Å². The van der Waals surface area contributed by atoms with Crippen LogP contribution in [0.1, 0.15) is 48.3 Å². The largest absolute Gasteiger partial charge is 0.469 e. The fourth-order valence-electron chi connectivity index (χ4n) is 6.50. The maximum Gasteiger partial charge on any atom is 0.186 e. The average molecular weight is 550 g/mol. The molecule has 7 rings (SSSR count). The molecule has 3 aromatic carbocycles. The molecular weight excluding hydrogens is 530 g/mol. The van der Waals surface area contributed by atoms with Crippen molar-refractivity contribution in [1.29, 1.82) is 0 Å². The number of hydrogen-bond acceptors (Lipinski definition) is 5. The lowest BCUT2D eigenvalue weighted by Crippen LogP contribution is -2.48. The van der Waals surface area contributed by atoms with Gasteiger partial charge in [0.1, 0.15) is 17.2 Å². The lowest BCUT2D eigenvalue weighted by molar-refractivity contribution is 0.0652. The number of Topliss-reactive ketones (excluding diaryl/α,β-unsaturated/α-hetero) is 3. The summed E-state index contributed by atoms with van der Waals surface area (Å²) in [6.45, 7) is 0. The van der Waals surface area contributed by atoms with E-state index >= 15 is 0 Å². The van der Waals surface area contributed by atoms with Crippen molar-refractivity contribution in [2.75, 3.05) is 4.90 Å². The molecule has 37 heavy (non-hydrogen) atoms. The van der Waals surface area contributed by atoms with E-state index < -0.39 is 23.4 Å². The van der Waals surface area contributed by atoms with Gasteiger partial charge in [0, 0.05) is 26.9 Å². The molecule has 2 aliphatic heterocycles. The minimum absolute atomic E-state index is 0.162. The van der Waals surface area contributed by atoms with Gasteiger partial charge in [-0.3, -0.25) is 14.4 Å². The number of benzene rings is 3. The van der Waals surface area contributed by atoms with E-state index in [1.165, 1.54) is 6.26 Å². The Hall–Kier alpha value is -4.03. The Bertz CT molecular complexity index is 1590. The molecule has 0 amide bonds. The number of fused-ring (bicyclic) bond motifs is 5. The molecule has 4 aromatic rings. The van der Waals surface area contributed by atoms with Gasteiger partial charge in [0.15, 0.2) is 17.3 Å². The van der Waals surface area contributed by atoms with Crippen LogP contribution in [-0.4, -0.2) is 29.4 Å². The molecule has 0 radical (unpaired) electrons. The molecule has 5 nitrogen and oxygen atoms in total. The van der Waals surface area contributed by atoms with Crippen molar-refractivity contribution in [2.24, 2.45) is 5.41 Å². The van der Waals surface area contributed by atoms with E-state index in [0.29, 0.717) is 22.5 Å². The van der Waals surface area contributed by atoms with E-state index in [9.17, 15) is 14.4 Å². The molecule has 1 aliphatic carbocycles. The molecule has 1 aromatic heterocycles. The van der Waals surface area contributed by atoms with E-state index in [0.717, 1.165) is 15.7 Å². The van der Waals surface area contributed by atoms with Gasteiger partial charge in [-0.2, -0.15) is 0 Å². The second kappa shape index (κ2) is 7.98. The number of hydrogen-bond donors (Lipinski definition) is 0. The monoisotopic (exact) mass is 549 g/mol. The average Bonchev–Trinajstić information content (AvgIpc) is 3.62. The van der Waals surface area contributed by atoms with E-state index in [-0.39, 0.29) is 17.3 Å². The first kappa shape index (κ1) is 22.2. The molecule has 3 aliphatic rings. The maximum atomic E-state index is 14.4. The first-order valence-corrected chi connectivity index (χ1v) is 12.9. The van der Waals surface area contributed by atoms with Crippen molar-refractivity contribution in [3.05, 3.63) is 130 Å². The van der Waals surface area contributed by atoms with Crippen LogP contribution in [0.15, 0.2) is 106 Å². The molecule has 3 atom stereocenters. The lowest BCUT2D eigenvalue weighted by Gasteiger charge is -2.37. The molecule has 0 N–H and O–H groups in total. The second-order valence-electron chi connectivity index (χ2n) is 9.66. The Morgan fingerprint density at radius 3 is 2.24 bits per heavy atom. The van der Waals surface area contributed by atoms with Crippen molar-refractivity contribution in [3.63, 3.8) is 0 Å². The zero-order valence-corrected chi connectivity index (χ0v) is 21.1. The third-order valence-corrected chi connectivity index (χ3v) is 8.44. The molecule has 0 bridgehead atoms. The van der Waals surface area contributed by atoms with Crippen molar-refractivity contribution >= 4 is 45.0 Å². The van der Waals surface area contributed by atoms with E-state index in [1.54, 1.807) is 48.5 Å². The lowest BCUT2D eigenvalue weighted by atomic mass is 9.65. The van der Waals surface area contributed by atoms with Gasteiger partial charge in [-0.1, -0.05) is 82.7 Å². The number of nitrogens with zero attached hydrogens (tertiary/aromatic N) is 1. The van der Waals surface area contributed by atoms with Crippen molar-refractivity contribution < 1.29 is 18.8 Å². The number of rotatable bonds is 3. The van der Waals surface area contributed by atoms with Gasteiger partial charge in [-0.25, -0.2) is 0 Å². The third-order valence-electron chi connectivity index (χ3n) is 7.94. The Morgan fingerprint density at radius 2 is 1.57 bits per heavy atom. The van der Waals surface area contributed by atoms with Gasteiger partial charge in [-0.05, 0) is 35.9 Å². The van der Waals surface area contributed by atoms with Crippen LogP contribution in [-0.2, 0) is 0 Å². The minimum atomic E-state index is -1.54. The third kappa shape index (κ3) is 2.87. The second-order valence-corrected chi connectivity index (χ2v) is 10.6. The summed E-state index contributed by atoms with van der Waals surface area (Å²) >= 11 is 3.54. The van der Waals surface area contributed by atoms with E-state index in [1.807, 2.05) is 53.5 Å². The summed E-state index contributed by atoms with van der Waals surface area (Å²) in [5.74, 6) is -1.07. The van der Waals surface area contributed by atoms with Crippen LogP contribution < -0.4 is 4.90 Å². The van der Waals surface area contributed by atoms with Crippen LogP contribution in [0.2, 0.25) is 0 Å². The summed E-state index contributed by atoms with van der Waals surface area (Å²) in [4.78, 5) is 45.2. The first-order valence-electron chi connectivity index (χ1n) is 12.1. The van der Waals surface area contributed by atoms with Crippen LogP contribution in [0.3, 0.4) is 0 Å². The quantitative estimate of drug-likeness (QED) is 0.220. The van der Waals surface area contributed by atoms with Gasteiger partial charge in [0.2, 0.25) is 0 Å². The molecule has 180 valence electrons. The van der Waals surface area contributed by atoms with Crippen LogP contribution in [0.4, 0.5) is 5.69 Å². The number of ketones is 3. The summed E-state index contributed by atoms with van der Waals surface area (Å²) < 4.78 is 6.81. The molecule has 0 saturated carbocycles. The fourth-order valence-corrected chi connectivity index (χ4v) is 6.88. The SMILES string of the molecule is O=C(c1ccccc1)[C@@H]1[C@H](c2ccco2)C2(C(=O)c3ccccc3C2=O)[C@@H]2C=Cc3cc(Br)ccc3N12. The Labute approximate surface area is 221 Å². The van der Waals surface area contributed by atoms with Gasteiger partial charge >= 0.3 is 0 Å². The Morgan fingerprint density at radius 1 is 0.865 bits per heavy atom. The highest BCUT2D eigenvalue weighted by molar-refractivity contribution is 9.10. The standard InChI is InChI=1S/C31H20BrNO4/c32-20-13-14-23-19(17-20)12-15-25-31(29(35)21-9-4-5-10-22(21)30(31)36)26(24-11-6-16-37-24)27(33(23)25)28(34)18-7-2-1-3-8-18/h1-17,25-27H/t25-,26-,27-/m0/s1. The zero-order valence-electron chi connectivity index (χ0n) is 19.5. The molecule has 0 unspecified atom stereocenters. The highest BCUT2D eigenvalue weighted by Gasteiger charge is 2.72. The fraction of sp³-hybridized carbons (Fsp3) is 0.129. The minimum Gasteiger partial charge on any atom is -0.469 e. The summed E-state index contributed by atoms with van der Waals surface area (Å²) in [5.41, 5.74) is 1.47. The van der Waals surface area contributed by atoms with Crippen LogP contribution in [0.25, 0.3) is 6.08 Å². The summed E-state index contributed by atoms with van der Waals surface area (Å²) in [6.07, 6.45) is 5.38.